The van der Waals surface area contributed by atoms with E-state index < -0.39 is 45.4 Å². The van der Waals surface area contributed by atoms with Crippen LogP contribution in [-0.2, 0) is 29.2 Å². The zero-order valence-electron chi connectivity index (χ0n) is 30.5. The van der Waals surface area contributed by atoms with Crippen molar-refractivity contribution >= 4 is 50.2 Å². The second-order valence-corrected chi connectivity index (χ2v) is 15.8. The highest BCUT2D eigenvalue weighted by Crippen LogP contribution is 2.45. The van der Waals surface area contributed by atoms with Gasteiger partial charge in [0.05, 0.1) is 30.6 Å². The number of nitrogens with zero attached hydrogens (tertiary/aromatic N) is 2. The zero-order valence-corrected chi connectivity index (χ0v) is 31.3. The SMILES string of the molecule is C=C[C@@H]1C[C@@]12NC(=O)[C@@H]1C[C@@H](Oc3cc(-c4ccccc4)nc4cc(OC)ccc34)CN1C(=O)CCCCCCC(=O)Nc1ccccc1S(=O)(=O)NC2=O. The number of carbonyl (C=O) groups excluding carboxylic acids is 4. The Balaban J connectivity index is 1.19. The first kappa shape index (κ1) is 37.6. The number of nitrogens with one attached hydrogen (secondary N) is 3. The maximum Gasteiger partial charge on any atom is 0.266 e. The van der Waals surface area contributed by atoms with Crippen LogP contribution in [-0.4, -0.2) is 73.3 Å². The number of aromatic nitrogens is 1. The van der Waals surface area contributed by atoms with E-state index in [-0.39, 0.29) is 54.6 Å². The highest BCUT2D eigenvalue weighted by molar-refractivity contribution is 7.90. The lowest BCUT2D eigenvalue weighted by Crippen LogP contribution is -2.56. The summed E-state index contributed by atoms with van der Waals surface area (Å²) in [4.78, 5) is 60.8. The number of rotatable bonds is 5. The van der Waals surface area contributed by atoms with Gasteiger partial charge in [0.25, 0.3) is 15.9 Å². The standard InChI is InChI=1S/C41H43N5O8S/c1-3-27-24-41(27)40(50)45-55(51,52)36-16-12-11-15-31(36)43-37(47)17-9-4-5-10-18-38(48)46-25-29(22-34(46)39(49)44-41)54-35-23-32(26-13-7-6-8-14-26)42-33-21-28(53-2)19-20-30(33)35/h3,6-8,11-16,19-21,23,27,29,34H,1,4-5,9-10,17-18,22,24-25H2,2H3,(H,43,47)(H,44,49)(H,45,50)/t27-,29-,34+,41-/m1/s1. The van der Waals surface area contributed by atoms with Crippen molar-refractivity contribution in [3.05, 3.63) is 91.5 Å². The third kappa shape index (κ3) is 7.90. The van der Waals surface area contributed by atoms with E-state index in [4.69, 9.17) is 14.5 Å². The third-order valence-electron chi connectivity index (χ3n) is 10.5. The number of sulfonamides is 1. The third-order valence-corrected chi connectivity index (χ3v) is 11.9. The van der Waals surface area contributed by atoms with Crippen LogP contribution in [0.15, 0.2) is 96.4 Å². The first-order valence-electron chi connectivity index (χ1n) is 18.4. The molecule has 1 aliphatic carbocycles. The van der Waals surface area contributed by atoms with Crippen molar-refractivity contribution in [1.82, 2.24) is 19.9 Å². The van der Waals surface area contributed by atoms with Gasteiger partial charge in [-0.3, -0.25) is 19.2 Å². The number of anilines is 1. The van der Waals surface area contributed by atoms with Gasteiger partial charge in [0, 0.05) is 48.3 Å². The molecule has 14 heteroatoms. The van der Waals surface area contributed by atoms with Crippen LogP contribution in [0.2, 0.25) is 0 Å². The molecular weight excluding hydrogens is 723 g/mol. The molecule has 3 heterocycles. The lowest BCUT2D eigenvalue weighted by molar-refractivity contribution is -0.139. The van der Waals surface area contributed by atoms with Crippen LogP contribution >= 0.6 is 0 Å². The van der Waals surface area contributed by atoms with Gasteiger partial charge in [-0.05, 0) is 43.5 Å². The van der Waals surface area contributed by atoms with Crippen molar-refractivity contribution < 1.29 is 37.1 Å². The molecule has 13 nitrogen and oxygen atoms in total. The largest absolute Gasteiger partial charge is 0.497 e. The fraction of sp³-hybridized carbons (Fsp3) is 0.341. The Hall–Kier alpha value is -5.76. The second kappa shape index (κ2) is 15.5. The first-order valence-corrected chi connectivity index (χ1v) is 19.9. The lowest BCUT2D eigenvalue weighted by atomic mass is 10.1. The summed E-state index contributed by atoms with van der Waals surface area (Å²) in [7, 11) is -2.91. The number of para-hydroxylation sites is 1. The Morgan fingerprint density at radius 1 is 0.927 bits per heavy atom. The number of hydrogen-bond acceptors (Lipinski definition) is 9. The van der Waals surface area contributed by atoms with Gasteiger partial charge in [-0.15, -0.1) is 6.58 Å². The second-order valence-electron chi connectivity index (χ2n) is 14.2. The molecule has 3 N–H and O–H groups in total. The summed E-state index contributed by atoms with van der Waals surface area (Å²) in [5, 5.41) is 6.19. The maximum atomic E-state index is 14.3. The summed E-state index contributed by atoms with van der Waals surface area (Å²) in [6.45, 7) is 3.90. The van der Waals surface area contributed by atoms with Crippen molar-refractivity contribution in [1.29, 1.82) is 0 Å². The van der Waals surface area contributed by atoms with E-state index in [1.807, 2.05) is 54.6 Å². The fourth-order valence-corrected chi connectivity index (χ4v) is 8.63. The lowest BCUT2D eigenvalue weighted by Gasteiger charge is -2.26. The molecular formula is C41H43N5O8S. The Morgan fingerprint density at radius 3 is 2.42 bits per heavy atom. The van der Waals surface area contributed by atoms with E-state index in [1.54, 1.807) is 13.2 Å². The zero-order chi connectivity index (χ0) is 38.7. The van der Waals surface area contributed by atoms with E-state index in [0.717, 1.165) is 10.9 Å². The predicted octanol–water partition coefficient (Wildman–Crippen LogP) is 5.12. The van der Waals surface area contributed by atoms with Gasteiger partial charge in [0.1, 0.15) is 34.1 Å². The van der Waals surface area contributed by atoms with E-state index in [0.29, 0.717) is 48.4 Å². The van der Waals surface area contributed by atoms with Crippen LogP contribution < -0.4 is 24.8 Å². The van der Waals surface area contributed by atoms with Gasteiger partial charge in [-0.1, -0.05) is 61.4 Å². The van der Waals surface area contributed by atoms with Crippen molar-refractivity contribution in [2.45, 2.75) is 73.9 Å². The van der Waals surface area contributed by atoms with Crippen LogP contribution in [0.25, 0.3) is 22.2 Å². The number of carbonyl (C=O) groups is 4. The quantitative estimate of drug-likeness (QED) is 0.233. The molecule has 3 aromatic carbocycles. The normalized spacial score (nSPS) is 24.6. The van der Waals surface area contributed by atoms with Gasteiger partial charge < -0.3 is 25.0 Å². The Labute approximate surface area is 319 Å². The van der Waals surface area contributed by atoms with Crippen LogP contribution in [0.4, 0.5) is 5.69 Å². The van der Waals surface area contributed by atoms with Crippen molar-refractivity contribution in [3.63, 3.8) is 0 Å². The molecule has 55 heavy (non-hydrogen) atoms. The average Bonchev–Trinajstić information content (AvgIpc) is 3.74. The van der Waals surface area contributed by atoms with Gasteiger partial charge in [-0.2, -0.15) is 0 Å². The van der Waals surface area contributed by atoms with Crippen LogP contribution in [0.5, 0.6) is 11.5 Å². The fourth-order valence-electron chi connectivity index (χ4n) is 7.43. The van der Waals surface area contributed by atoms with Crippen LogP contribution in [0, 0.1) is 5.92 Å². The van der Waals surface area contributed by atoms with E-state index in [9.17, 15) is 27.6 Å². The molecule has 4 amide bonds. The number of fused-ring (bicyclic) bond motifs is 3. The molecule has 286 valence electrons. The van der Waals surface area contributed by atoms with Gasteiger partial charge in [-0.25, -0.2) is 18.1 Å². The molecule has 1 saturated carbocycles. The summed E-state index contributed by atoms with van der Waals surface area (Å²) >= 11 is 0. The highest BCUT2D eigenvalue weighted by atomic mass is 32.2. The average molecular weight is 766 g/mol. The predicted molar refractivity (Wildman–Crippen MR) is 206 cm³/mol. The summed E-state index contributed by atoms with van der Waals surface area (Å²) in [5.41, 5.74) is 0.604. The minimum absolute atomic E-state index is 0.0371. The molecule has 0 unspecified atom stereocenters. The number of pyridine rings is 1. The molecule has 1 spiro atoms. The Kier molecular flexibility index (Phi) is 10.6. The Bertz CT molecular complexity index is 2270. The molecule has 4 atom stereocenters. The summed E-state index contributed by atoms with van der Waals surface area (Å²) in [6, 6.07) is 21.8. The molecule has 4 aromatic rings. The molecule has 2 fully saturated rings. The first-order chi connectivity index (χ1) is 26.5. The van der Waals surface area contributed by atoms with Crippen LogP contribution in [0.1, 0.15) is 51.4 Å². The number of methoxy groups -OCH3 is 1. The molecule has 2 aliphatic heterocycles. The van der Waals surface area contributed by atoms with Crippen molar-refractivity contribution in [2.75, 3.05) is 19.0 Å². The summed E-state index contributed by atoms with van der Waals surface area (Å²) < 4.78 is 41.5. The van der Waals surface area contributed by atoms with Gasteiger partial charge in [0.15, 0.2) is 0 Å². The number of hydrogen-bond donors (Lipinski definition) is 3. The number of ether oxygens (including phenoxy) is 2. The molecule has 3 aliphatic rings. The molecule has 7 rings (SSSR count). The monoisotopic (exact) mass is 765 g/mol. The Morgan fingerprint density at radius 2 is 1.67 bits per heavy atom. The number of benzene rings is 3. The van der Waals surface area contributed by atoms with Crippen LogP contribution in [0.3, 0.4) is 0 Å². The topological polar surface area (TPSA) is 173 Å². The number of amides is 4. The molecule has 1 aromatic heterocycles. The highest BCUT2D eigenvalue weighted by Gasteiger charge is 2.61. The summed E-state index contributed by atoms with van der Waals surface area (Å²) in [5.74, 6) is -1.58. The van der Waals surface area contributed by atoms with Gasteiger partial charge >= 0.3 is 0 Å². The maximum absolute atomic E-state index is 14.3. The van der Waals surface area contributed by atoms with Crippen molar-refractivity contribution in [3.8, 4) is 22.8 Å². The molecule has 0 radical (unpaired) electrons. The van der Waals surface area contributed by atoms with E-state index in [2.05, 4.69) is 21.9 Å². The van der Waals surface area contributed by atoms with E-state index in [1.165, 1.54) is 29.2 Å². The smallest absolute Gasteiger partial charge is 0.266 e. The van der Waals surface area contributed by atoms with Crippen molar-refractivity contribution in [2.24, 2.45) is 5.92 Å². The molecule has 0 bridgehead atoms. The summed E-state index contributed by atoms with van der Waals surface area (Å²) in [6.07, 6.45) is 3.84. The minimum Gasteiger partial charge on any atom is -0.497 e. The molecule has 1 saturated heterocycles. The minimum atomic E-state index is -4.49. The van der Waals surface area contributed by atoms with E-state index >= 15 is 0 Å². The van der Waals surface area contributed by atoms with Gasteiger partial charge in [0.2, 0.25) is 17.7 Å².